The van der Waals surface area contributed by atoms with Gasteiger partial charge in [0.05, 0.1) is 12.2 Å². The summed E-state index contributed by atoms with van der Waals surface area (Å²) in [4.78, 5) is 0. The van der Waals surface area contributed by atoms with Gasteiger partial charge in [0.25, 0.3) is 0 Å². The Labute approximate surface area is 222 Å². The third-order valence-corrected chi connectivity index (χ3v) is 12.2. The first-order chi connectivity index (χ1) is 16.9. The molecule has 202 valence electrons. The predicted octanol–water partition coefficient (Wildman–Crippen LogP) is 7.32. The van der Waals surface area contributed by atoms with Crippen LogP contribution in [0, 0.1) is 17.3 Å². The molecule has 4 rings (SSSR count). The smallest absolute Gasteiger partial charge is 0.0811 e. The van der Waals surface area contributed by atoms with E-state index in [1.54, 1.807) is 5.57 Å². The van der Waals surface area contributed by atoms with Crippen molar-refractivity contribution in [2.24, 2.45) is 17.3 Å². The van der Waals surface area contributed by atoms with Crippen LogP contribution in [0.2, 0.25) is 0 Å². The molecular weight excluding hydrogens is 464 g/mol. The summed E-state index contributed by atoms with van der Waals surface area (Å²) in [5.74, 6) is 1.07. The predicted molar refractivity (Wildman–Crippen MR) is 152 cm³/mol. The number of allylic oxidation sites excluding steroid dienone is 5. The molecule has 6 unspecified atom stereocenters. The van der Waals surface area contributed by atoms with Crippen LogP contribution in [-0.4, -0.2) is 36.1 Å². The maximum Gasteiger partial charge on any atom is 0.0811 e. The van der Waals surface area contributed by atoms with Crippen LogP contribution in [0.15, 0.2) is 47.1 Å². The summed E-state index contributed by atoms with van der Waals surface area (Å²) in [6, 6.07) is 0. The zero-order valence-corrected chi connectivity index (χ0v) is 24.3. The van der Waals surface area contributed by atoms with Gasteiger partial charge < -0.3 is 10.2 Å². The molecule has 0 heterocycles. The Morgan fingerprint density at radius 2 is 1.92 bits per heavy atom. The van der Waals surface area contributed by atoms with E-state index >= 15 is 0 Å². The summed E-state index contributed by atoms with van der Waals surface area (Å²) >= 11 is 0. The van der Waals surface area contributed by atoms with Crippen molar-refractivity contribution in [1.29, 1.82) is 0 Å². The Bertz CT molecular complexity index is 960. The zero-order chi connectivity index (χ0) is 26.3. The van der Waals surface area contributed by atoms with Crippen molar-refractivity contribution in [3.63, 3.8) is 0 Å². The Balaban J connectivity index is 1.52. The Morgan fingerprint density at radius 1 is 1.19 bits per heavy atom. The van der Waals surface area contributed by atoms with Gasteiger partial charge in [0, 0.05) is 26.7 Å². The first-order valence-electron chi connectivity index (χ1n) is 14.4. The van der Waals surface area contributed by atoms with Gasteiger partial charge in [-0.1, -0.05) is 49.8 Å². The van der Waals surface area contributed by atoms with Crippen LogP contribution < -0.4 is 0 Å². The minimum atomic E-state index is -0.777. The molecule has 0 radical (unpaired) electrons. The van der Waals surface area contributed by atoms with Crippen LogP contribution in [0.1, 0.15) is 112 Å². The van der Waals surface area contributed by atoms with Gasteiger partial charge in [-0.3, -0.25) is 4.21 Å². The minimum absolute atomic E-state index is 0.0550. The monoisotopic (exact) mass is 514 g/mol. The van der Waals surface area contributed by atoms with Crippen molar-refractivity contribution in [2.75, 3.05) is 0 Å². The van der Waals surface area contributed by atoms with Crippen molar-refractivity contribution in [1.82, 2.24) is 0 Å². The number of aliphatic hydroxyl groups is 2. The number of hydrogen-bond acceptors (Lipinski definition) is 3. The van der Waals surface area contributed by atoms with Crippen molar-refractivity contribution in [3.05, 3.63) is 47.1 Å². The fourth-order valence-corrected chi connectivity index (χ4v) is 9.54. The molecule has 0 spiro atoms. The molecular formula is C32H50O3S. The van der Waals surface area contributed by atoms with Crippen LogP contribution in [0.4, 0.5) is 0 Å². The molecule has 0 saturated heterocycles. The quantitative estimate of drug-likeness (QED) is 0.365. The highest BCUT2D eigenvalue weighted by Crippen LogP contribution is 2.56. The molecule has 3 fully saturated rings. The largest absolute Gasteiger partial charge is 0.393 e. The van der Waals surface area contributed by atoms with Crippen molar-refractivity contribution in [3.8, 4) is 0 Å². The highest BCUT2D eigenvalue weighted by Gasteiger charge is 2.52. The Morgan fingerprint density at radius 3 is 2.58 bits per heavy atom. The Hall–Kier alpha value is -0.970. The van der Waals surface area contributed by atoms with E-state index in [1.807, 2.05) is 0 Å². The maximum absolute atomic E-state index is 13.2. The molecule has 0 aromatic carbocycles. The van der Waals surface area contributed by atoms with Gasteiger partial charge in [0.1, 0.15) is 0 Å². The molecule has 0 bridgehead atoms. The van der Waals surface area contributed by atoms with E-state index in [0.29, 0.717) is 24.7 Å². The van der Waals surface area contributed by atoms with Crippen LogP contribution in [0.5, 0.6) is 0 Å². The molecule has 2 N–H and O–H groups in total. The number of fused-ring (bicyclic) bond motifs is 1. The van der Waals surface area contributed by atoms with E-state index < -0.39 is 23.0 Å². The van der Waals surface area contributed by atoms with E-state index in [-0.39, 0.29) is 14.9 Å². The van der Waals surface area contributed by atoms with Gasteiger partial charge in [-0.05, 0) is 120 Å². The summed E-state index contributed by atoms with van der Waals surface area (Å²) in [6.07, 6.45) is 18.5. The highest BCUT2D eigenvalue weighted by atomic mass is 32.2. The third kappa shape index (κ3) is 5.71. The molecule has 4 heteroatoms. The lowest BCUT2D eigenvalue weighted by atomic mass is 9.58. The van der Waals surface area contributed by atoms with Crippen molar-refractivity contribution < 1.29 is 14.4 Å². The lowest BCUT2D eigenvalue weighted by molar-refractivity contribution is 0.0862. The molecule has 0 aromatic heterocycles. The third-order valence-electron chi connectivity index (χ3n) is 9.68. The summed E-state index contributed by atoms with van der Waals surface area (Å²) in [6.45, 7) is 15.4. The van der Waals surface area contributed by atoms with Gasteiger partial charge in [0.2, 0.25) is 0 Å². The van der Waals surface area contributed by atoms with E-state index in [4.69, 9.17) is 0 Å². The van der Waals surface area contributed by atoms with Gasteiger partial charge in [-0.25, -0.2) is 0 Å². The summed E-state index contributed by atoms with van der Waals surface area (Å²) in [7, 11) is -0.777. The highest BCUT2D eigenvalue weighted by molar-refractivity contribution is 7.88. The zero-order valence-electron chi connectivity index (χ0n) is 23.4. The second-order valence-corrected chi connectivity index (χ2v) is 16.1. The number of hydrogen-bond donors (Lipinski definition) is 2. The van der Waals surface area contributed by atoms with Crippen LogP contribution >= 0.6 is 0 Å². The number of aliphatic hydroxyl groups excluding tert-OH is 2. The summed E-state index contributed by atoms with van der Waals surface area (Å²) in [5.41, 5.74) is 5.13. The normalized spacial score (nSPS) is 36.7. The topological polar surface area (TPSA) is 57.5 Å². The minimum Gasteiger partial charge on any atom is -0.393 e. The standard InChI is InChI=1S/C32H50O3S/c1-22(15-17-32(18-19-32)36(35)30(3,4)5)27-11-7-8-12-28-24(10-9-16-31(27,28)6)13-14-25-20-26(33)21-29(34)23(25)2/h11,13-14,22,26,28-29,33-34H,2,7-10,12,15-21H2,1,3-6H3/b24-13+,25-14-. The van der Waals surface area contributed by atoms with Crippen LogP contribution in [0.3, 0.4) is 0 Å². The molecule has 3 nitrogen and oxygen atoms in total. The molecule has 0 aliphatic heterocycles. The number of rotatable bonds is 6. The fraction of sp³-hybridized carbons (Fsp3) is 0.750. The Kier molecular flexibility index (Phi) is 8.30. The molecule has 4 aliphatic carbocycles. The lowest BCUT2D eigenvalue weighted by Crippen LogP contribution is -2.36. The van der Waals surface area contributed by atoms with Gasteiger partial charge in [-0.15, -0.1) is 0 Å². The van der Waals surface area contributed by atoms with Gasteiger partial charge in [0.15, 0.2) is 0 Å². The fourth-order valence-electron chi connectivity index (χ4n) is 7.46. The molecule has 3 saturated carbocycles. The molecule has 36 heavy (non-hydrogen) atoms. The maximum atomic E-state index is 13.2. The molecule has 6 atom stereocenters. The van der Waals surface area contributed by atoms with E-state index in [9.17, 15) is 14.4 Å². The van der Waals surface area contributed by atoms with Crippen LogP contribution in [-0.2, 0) is 10.8 Å². The van der Waals surface area contributed by atoms with E-state index in [1.165, 1.54) is 31.3 Å². The van der Waals surface area contributed by atoms with Crippen LogP contribution in [0.25, 0.3) is 0 Å². The summed E-state index contributed by atoms with van der Waals surface area (Å²) < 4.78 is 13.2. The van der Waals surface area contributed by atoms with E-state index in [0.717, 1.165) is 49.7 Å². The SMILES string of the molecule is C=C1/C(=C\C=C2/CCCC3(C)C(C(C)CCC4(S(=O)C(C)(C)C)CC4)=CCCCC23)CC(O)CC1O. The van der Waals surface area contributed by atoms with Crippen molar-refractivity contribution in [2.45, 2.75) is 133 Å². The second-order valence-electron chi connectivity index (χ2n) is 13.5. The molecule has 4 aliphatic rings. The molecule has 0 amide bonds. The second kappa shape index (κ2) is 10.7. The average Bonchev–Trinajstić information content (AvgIpc) is 3.61. The lowest BCUT2D eigenvalue weighted by Gasteiger charge is -2.46. The van der Waals surface area contributed by atoms with Gasteiger partial charge >= 0.3 is 0 Å². The first-order valence-corrected chi connectivity index (χ1v) is 15.6. The van der Waals surface area contributed by atoms with E-state index in [2.05, 4.69) is 59.4 Å². The first kappa shape index (κ1) is 28.0. The van der Waals surface area contributed by atoms with Crippen molar-refractivity contribution >= 4 is 10.8 Å². The summed E-state index contributed by atoms with van der Waals surface area (Å²) in [5, 5.41) is 20.4. The molecule has 0 aromatic rings. The van der Waals surface area contributed by atoms with Gasteiger partial charge in [-0.2, -0.15) is 0 Å². The average molecular weight is 515 g/mol.